The molecule has 340 valence electrons. The third-order valence-corrected chi connectivity index (χ3v) is 12.3. The van der Waals surface area contributed by atoms with Crippen molar-refractivity contribution in [3.05, 3.63) is 81.6 Å². The minimum absolute atomic E-state index is 0.0155. The molecule has 0 radical (unpaired) electrons. The number of rotatable bonds is 20. The molecule has 6 heterocycles. The van der Waals surface area contributed by atoms with Crippen LogP contribution < -0.4 is 16.0 Å². The maximum atomic E-state index is 13.5. The lowest BCUT2D eigenvalue weighted by Gasteiger charge is -2.29. The molecule has 18 nitrogen and oxygen atoms in total. The second kappa shape index (κ2) is 18.9. The van der Waals surface area contributed by atoms with Crippen LogP contribution in [0.5, 0.6) is 0 Å². The van der Waals surface area contributed by atoms with Crippen molar-refractivity contribution in [1.29, 1.82) is 0 Å². The summed E-state index contributed by atoms with van der Waals surface area (Å²) in [7, 11) is 0. The number of piperidine rings is 1. The minimum atomic E-state index is -0.634. The molecule has 1 saturated carbocycles. The third kappa shape index (κ3) is 9.23. The van der Waals surface area contributed by atoms with Gasteiger partial charge in [0.15, 0.2) is 0 Å². The van der Waals surface area contributed by atoms with E-state index in [0.29, 0.717) is 75.5 Å². The van der Waals surface area contributed by atoms with E-state index in [1.807, 2.05) is 37.6 Å². The van der Waals surface area contributed by atoms with Gasteiger partial charge >= 0.3 is 0 Å². The number of nitrogens with zero attached hydrogens (tertiary/aromatic N) is 6. The third-order valence-electron chi connectivity index (χ3n) is 12.3. The van der Waals surface area contributed by atoms with Crippen molar-refractivity contribution < 1.29 is 37.9 Å². The predicted molar refractivity (Wildman–Crippen MR) is 240 cm³/mol. The highest BCUT2D eigenvalue weighted by Gasteiger charge is 2.39. The summed E-state index contributed by atoms with van der Waals surface area (Å²) in [6.45, 7) is 11.6. The average Bonchev–Trinajstić information content (AvgIpc) is 3.68. The minimum Gasteiger partial charge on any atom is -0.379 e. The SMILES string of the molecule is CCn1nc(C2CC2)cc1Nc1nc(C(=O)NCCOCCOCCOCCCc2cccc3c2CN(C2CCC(=O)NC2=O)C3=O)nc2[nH]c3cc(-c4c(C)noc4C)c(C)cc3c12. The van der Waals surface area contributed by atoms with Crippen molar-refractivity contribution in [2.45, 2.75) is 91.3 Å². The molecule has 1 unspecified atom stereocenters. The Bertz CT molecular complexity index is 2770. The number of hydrogen-bond acceptors (Lipinski definition) is 13. The number of amides is 4. The summed E-state index contributed by atoms with van der Waals surface area (Å²) in [4.78, 5) is 65.2. The van der Waals surface area contributed by atoms with Gasteiger partial charge in [-0.15, -0.1) is 0 Å². The van der Waals surface area contributed by atoms with Crippen LogP contribution in [0, 0.1) is 20.8 Å². The first-order valence-electron chi connectivity index (χ1n) is 22.5. The van der Waals surface area contributed by atoms with Gasteiger partial charge in [0.2, 0.25) is 17.6 Å². The second-order valence-electron chi connectivity index (χ2n) is 16.9. The lowest BCUT2D eigenvalue weighted by atomic mass is 9.97. The predicted octanol–water partition coefficient (Wildman–Crippen LogP) is 5.70. The number of aromatic nitrogens is 6. The number of hydrogen-bond donors (Lipinski definition) is 4. The Morgan fingerprint density at radius 2 is 1.72 bits per heavy atom. The Morgan fingerprint density at radius 1 is 0.938 bits per heavy atom. The number of aromatic amines is 1. The first-order chi connectivity index (χ1) is 31.6. The Balaban J connectivity index is 0.738. The van der Waals surface area contributed by atoms with Crippen LogP contribution in [0.25, 0.3) is 33.1 Å². The number of aryl methyl sites for hydroxylation is 5. The Morgan fingerprint density at radius 3 is 2.46 bits per heavy atom. The number of H-pyrrole nitrogens is 1. The van der Waals surface area contributed by atoms with Crippen LogP contribution in [-0.2, 0) is 43.3 Å². The Labute approximate surface area is 375 Å². The van der Waals surface area contributed by atoms with Crippen LogP contribution in [0.2, 0.25) is 0 Å². The van der Waals surface area contributed by atoms with E-state index < -0.39 is 17.9 Å². The van der Waals surface area contributed by atoms with Gasteiger partial charge in [0, 0.05) is 66.7 Å². The van der Waals surface area contributed by atoms with E-state index in [9.17, 15) is 19.2 Å². The van der Waals surface area contributed by atoms with Gasteiger partial charge < -0.3 is 39.3 Å². The molecule has 1 aliphatic carbocycles. The molecule has 6 aromatic rings. The smallest absolute Gasteiger partial charge is 0.289 e. The van der Waals surface area contributed by atoms with Crippen LogP contribution in [-0.4, -0.2) is 111 Å². The fraction of sp³-hybridized carbons (Fsp3) is 0.447. The number of carbonyl (C=O) groups excluding carboxylic acids is 4. The molecule has 9 rings (SSSR count). The number of carbonyl (C=O) groups is 4. The van der Waals surface area contributed by atoms with Crippen LogP contribution in [0.1, 0.15) is 99.8 Å². The molecule has 4 N–H and O–H groups in total. The van der Waals surface area contributed by atoms with Gasteiger partial charge in [0.05, 0.1) is 49.8 Å². The lowest BCUT2D eigenvalue weighted by molar-refractivity contribution is -0.136. The summed E-state index contributed by atoms with van der Waals surface area (Å²) in [5.74, 6) is 1.22. The normalized spacial score (nSPS) is 16.2. The molecule has 1 atom stereocenters. The topological polar surface area (TPSA) is 221 Å². The van der Waals surface area contributed by atoms with E-state index in [0.717, 1.165) is 92.8 Å². The number of imide groups is 1. The van der Waals surface area contributed by atoms with Gasteiger partial charge in [-0.3, -0.25) is 24.5 Å². The highest BCUT2D eigenvalue weighted by atomic mass is 16.5. The van der Waals surface area contributed by atoms with E-state index in [4.69, 9.17) is 33.8 Å². The zero-order valence-electron chi connectivity index (χ0n) is 37.2. The van der Waals surface area contributed by atoms with Crippen molar-refractivity contribution in [3.63, 3.8) is 0 Å². The van der Waals surface area contributed by atoms with Gasteiger partial charge in [-0.25, -0.2) is 14.6 Å². The number of fused-ring (bicyclic) bond motifs is 4. The van der Waals surface area contributed by atoms with E-state index >= 15 is 0 Å². The molecule has 0 spiro atoms. The van der Waals surface area contributed by atoms with Crippen LogP contribution in [0.4, 0.5) is 11.6 Å². The maximum absolute atomic E-state index is 13.5. The molecule has 2 aliphatic heterocycles. The average molecular weight is 887 g/mol. The molecule has 1 saturated heterocycles. The van der Waals surface area contributed by atoms with Crippen molar-refractivity contribution in [1.82, 2.24) is 45.4 Å². The van der Waals surface area contributed by atoms with E-state index in [-0.39, 0.29) is 37.2 Å². The number of benzene rings is 2. The van der Waals surface area contributed by atoms with Gasteiger partial charge in [-0.1, -0.05) is 17.3 Å². The van der Waals surface area contributed by atoms with Crippen molar-refractivity contribution in [2.24, 2.45) is 0 Å². The molecular weight excluding hydrogens is 833 g/mol. The maximum Gasteiger partial charge on any atom is 0.289 e. The summed E-state index contributed by atoms with van der Waals surface area (Å²) < 4.78 is 24.6. The van der Waals surface area contributed by atoms with Gasteiger partial charge in [-0.2, -0.15) is 5.10 Å². The zero-order chi connectivity index (χ0) is 45.2. The summed E-state index contributed by atoms with van der Waals surface area (Å²) in [6.07, 6.45) is 4.31. The fourth-order valence-electron chi connectivity index (χ4n) is 8.87. The van der Waals surface area contributed by atoms with Crippen molar-refractivity contribution in [2.75, 3.05) is 51.5 Å². The van der Waals surface area contributed by atoms with Crippen molar-refractivity contribution >= 4 is 57.2 Å². The van der Waals surface area contributed by atoms with E-state index in [2.05, 4.69) is 51.2 Å². The van der Waals surface area contributed by atoms with Gasteiger partial charge in [0.1, 0.15) is 29.1 Å². The summed E-state index contributed by atoms with van der Waals surface area (Å²) in [6, 6.07) is 11.3. The molecule has 2 aromatic carbocycles. The van der Waals surface area contributed by atoms with Gasteiger partial charge in [-0.05, 0) is 100 Å². The molecule has 3 aliphatic rings. The molecule has 65 heavy (non-hydrogen) atoms. The highest BCUT2D eigenvalue weighted by molar-refractivity contribution is 6.13. The number of anilines is 2. The monoisotopic (exact) mass is 886 g/mol. The lowest BCUT2D eigenvalue weighted by Crippen LogP contribution is -2.52. The van der Waals surface area contributed by atoms with Crippen molar-refractivity contribution in [3.8, 4) is 11.1 Å². The zero-order valence-corrected chi connectivity index (χ0v) is 37.2. The first-order valence-corrected chi connectivity index (χ1v) is 22.5. The summed E-state index contributed by atoms with van der Waals surface area (Å²) >= 11 is 0. The van der Waals surface area contributed by atoms with Crippen LogP contribution in [0.15, 0.2) is 40.9 Å². The first kappa shape index (κ1) is 43.7. The molecule has 18 heteroatoms. The second-order valence-corrected chi connectivity index (χ2v) is 16.9. The summed E-state index contributed by atoms with van der Waals surface area (Å²) in [5, 5.41) is 19.4. The number of nitrogens with one attached hydrogen (secondary N) is 4. The van der Waals surface area contributed by atoms with E-state index in [1.54, 1.807) is 11.0 Å². The standard InChI is InChI=1S/C47H54N10O8/c1-5-57-38(24-35(54-57)30-11-12-30)50-43-41-33-22-26(2)32(40-27(3)55-65-28(40)4)23-36(33)49-42(41)52-44(53-43)46(60)48-15-17-63-19-21-64-20-18-62-16-7-9-29-8-6-10-31-34(29)25-56(47(31)61)37-13-14-39(58)51-45(37)59/h6,8,10,22-24,30,37H,5,7,9,11-21,25H2,1-4H3,(H,48,60)(H,51,58,59)(H2,49,50,52,53). The fourth-order valence-corrected chi connectivity index (χ4v) is 8.87. The summed E-state index contributed by atoms with van der Waals surface area (Å²) in [5.41, 5.74) is 8.83. The Kier molecular flexibility index (Phi) is 12.7. The van der Waals surface area contributed by atoms with Crippen LogP contribution >= 0.6 is 0 Å². The molecule has 4 amide bonds. The molecule has 4 aromatic heterocycles. The highest BCUT2D eigenvalue weighted by Crippen LogP contribution is 2.41. The Hall–Kier alpha value is -6.50. The van der Waals surface area contributed by atoms with Crippen LogP contribution in [0.3, 0.4) is 0 Å². The molecular formula is C47H54N10O8. The van der Waals surface area contributed by atoms with E-state index in [1.165, 1.54) is 0 Å². The molecule has 2 fully saturated rings. The largest absolute Gasteiger partial charge is 0.379 e. The quantitative estimate of drug-likeness (QED) is 0.0535. The number of ether oxygens (including phenoxy) is 3. The molecule has 0 bridgehead atoms. The van der Waals surface area contributed by atoms with Gasteiger partial charge in [0.25, 0.3) is 11.8 Å².